The zero-order chi connectivity index (χ0) is 13.0. The maximum absolute atomic E-state index is 5.79. The Morgan fingerprint density at radius 2 is 2.22 bits per heavy atom. The first-order valence-electron chi connectivity index (χ1n) is 5.11. The van der Waals surface area contributed by atoms with Crippen molar-refractivity contribution in [2.45, 2.75) is 13.0 Å². The lowest BCUT2D eigenvalue weighted by molar-refractivity contribution is 0.0853. The van der Waals surface area contributed by atoms with E-state index in [0.29, 0.717) is 6.61 Å². The lowest BCUT2D eigenvalue weighted by Gasteiger charge is -2.12. The number of hydrogen-bond acceptors (Lipinski definition) is 7. The summed E-state index contributed by atoms with van der Waals surface area (Å²) in [6.45, 7) is 2.25. The molecule has 96 valence electrons. The van der Waals surface area contributed by atoms with E-state index in [-0.39, 0.29) is 23.3 Å². The van der Waals surface area contributed by atoms with Gasteiger partial charge < -0.3 is 9.47 Å². The third-order valence-corrected chi connectivity index (χ3v) is 2.08. The predicted octanol–water partition coefficient (Wildman–Crippen LogP) is 0.519. The number of nitrogens with zero attached hydrogens (tertiary/aromatic N) is 6. The van der Waals surface area contributed by atoms with Crippen molar-refractivity contribution < 1.29 is 9.47 Å². The van der Waals surface area contributed by atoms with Crippen LogP contribution in [0, 0.1) is 0 Å². The fourth-order valence-electron chi connectivity index (χ4n) is 1.24. The molecule has 0 aliphatic heterocycles. The molecule has 0 aliphatic rings. The molecule has 0 saturated heterocycles. The number of ether oxygens (including phenoxy) is 2. The van der Waals surface area contributed by atoms with Crippen LogP contribution in [-0.4, -0.2) is 49.5 Å². The molecule has 18 heavy (non-hydrogen) atoms. The summed E-state index contributed by atoms with van der Waals surface area (Å²) in [6, 6.07) is 0.116. The summed E-state index contributed by atoms with van der Waals surface area (Å²) in [5.41, 5.74) is 0. The number of methoxy groups -OCH3 is 1. The molecule has 2 rings (SSSR count). The van der Waals surface area contributed by atoms with E-state index in [2.05, 4.69) is 25.0 Å². The van der Waals surface area contributed by atoms with Gasteiger partial charge in [0.15, 0.2) is 0 Å². The standard InChI is InChI=1S/C9H11ClN6O2/c1-6(3-17-2)18-9-14-7(10)13-8(15-9)16-5-11-4-12-16/h4-6H,3H2,1-2H3. The van der Waals surface area contributed by atoms with Crippen LogP contribution in [0.3, 0.4) is 0 Å². The van der Waals surface area contributed by atoms with Crippen molar-refractivity contribution in [3.05, 3.63) is 17.9 Å². The van der Waals surface area contributed by atoms with Gasteiger partial charge in [0.05, 0.1) is 6.61 Å². The molecule has 8 nitrogen and oxygen atoms in total. The molecule has 0 radical (unpaired) electrons. The normalized spacial score (nSPS) is 12.4. The molecule has 0 N–H and O–H groups in total. The highest BCUT2D eigenvalue weighted by Crippen LogP contribution is 2.11. The Morgan fingerprint density at radius 3 is 2.89 bits per heavy atom. The van der Waals surface area contributed by atoms with Crippen LogP contribution in [0.1, 0.15) is 6.92 Å². The van der Waals surface area contributed by atoms with Gasteiger partial charge in [-0.2, -0.15) is 24.7 Å². The van der Waals surface area contributed by atoms with Crippen LogP contribution in [0.25, 0.3) is 5.95 Å². The molecule has 2 aromatic rings. The Hall–Kier alpha value is -1.80. The zero-order valence-corrected chi connectivity index (χ0v) is 10.6. The van der Waals surface area contributed by atoms with Crippen LogP contribution in [0.4, 0.5) is 0 Å². The van der Waals surface area contributed by atoms with Crippen molar-refractivity contribution in [2.75, 3.05) is 13.7 Å². The molecular formula is C9H11ClN6O2. The van der Waals surface area contributed by atoms with E-state index in [1.165, 1.54) is 17.3 Å². The van der Waals surface area contributed by atoms with Crippen LogP contribution >= 0.6 is 11.6 Å². The summed E-state index contributed by atoms with van der Waals surface area (Å²) in [5, 5.41) is 3.92. The van der Waals surface area contributed by atoms with E-state index >= 15 is 0 Å². The fraction of sp³-hybridized carbons (Fsp3) is 0.444. The van der Waals surface area contributed by atoms with Gasteiger partial charge in [0.2, 0.25) is 5.28 Å². The van der Waals surface area contributed by atoms with E-state index in [0.717, 1.165) is 0 Å². The van der Waals surface area contributed by atoms with Crippen molar-refractivity contribution in [1.82, 2.24) is 29.7 Å². The molecule has 2 heterocycles. The van der Waals surface area contributed by atoms with Gasteiger partial charge in [-0.05, 0) is 18.5 Å². The van der Waals surface area contributed by atoms with Crippen molar-refractivity contribution in [3.63, 3.8) is 0 Å². The molecule has 0 saturated carbocycles. The first-order chi connectivity index (χ1) is 8.69. The summed E-state index contributed by atoms with van der Waals surface area (Å²) in [6.07, 6.45) is 2.62. The lowest BCUT2D eigenvalue weighted by atomic mass is 10.4. The van der Waals surface area contributed by atoms with Gasteiger partial charge in [-0.15, -0.1) is 0 Å². The van der Waals surface area contributed by atoms with Gasteiger partial charge in [-0.25, -0.2) is 4.98 Å². The monoisotopic (exact) mass is 270 g/mol. The van der Waals surface area contributed by atoms with Gasteiger partial charge in [0.1, 0.15) is 18.8 Å². The van der Waals surface area contributed by atoms with Gasteiger partial charge >= 0.3 is 6.01 Å². The SMILES string of the molecule is COCC(C)Oc1nc(Cl)nc(-n2cncn2)n1. The van der Waals surface area contributed by atoms with E-state index in [1.54, 1.807) is 7.11 Å². The third-order valence-electron chi connectivity index (χ3n) is 1.91. The van der Waals surface area contributed by atoms with E-state index < -0.39 is 0 Å². The Bertz CT molecular complexity index is 506. The van der Waals surface area contributed by atoms with Gasteiger partial charge in [-0.1, -0.05) is 0 Å². The Morgan fingerprint density at radius 1 is 1.39 bits per heavy atom. The first-order valence-corrected chi connectivity index (χ1v) is 5.49. The number of rotatable bonds is 5. The van der Waals surface area contributed by atoms with Crippen LogP contribution in [0.5, 0.6) is 6.01 Å². The topological polar surface area (TPSA) is 87.8 Å². The summed E-state index contributed by atoms with van der Waals surface area (Å²) in [7, 11) is 1.58. The minimum Gasteiger partial charge on any atom is -0.458 e. The Balaban J connectivity index is 2.22. The predicted molar refractivity (Wildman–Crippen MR) is 61.7 cm³/mol. The second-order valence-electron chi connectivity index (χ2n) is 3.41. The number of aromatic nitrogens is 6. The third kappa shape index (κ3) is 3.11. The number of hydrogen-bond donors (Lipinski definition) is 0. The largest absolute Gasteiger partial charge is 0.458 e. The lowest BCUT2D eigenvalue weighted by Crippen LogP contribution is -2.20. The van der Waals surface area contributed by atoms with Crippen molar-refractivity contribution in [1.29, 1.82) is 0 Å². The maximum Gasteiger partial charge on any atom is 0.322 e. The summed E-state index contributed by atoms with van der Waals surface area (Å²) >= 11 is 5.79. The van der Waals surface area contributed by atoms with Crippen LogP contribution in [0.15, 0.2) is 12.7 Å². The number of halogens is 1. The zero-order valence-electron chi connectivity index (χ0n) is 9.82. The highest BCUT2D eigenvalue weighted by molar-refractivity contribution is 6.28. The molecule has 0 aromatic carbocycles. The highest BCUT2D eigenvalue weighted by Gasteiger charge is 2.11. The van der Waals surface area contributed by atoms with Gasteiger partial charge in [-0.3, -0.25) is 0 Å². The molecule has 0 amide bonds. The Labute approximate surface area is 108 Å². The van der Waals surface area contributed by atoms with Crippen molar-refractivity contribution in [2.24, 2.45) is 0 Å². The summed E-state index contributed by atoms with van der Waals surface area (Å²) in [4.78, 5) is 15.7. The second-order valence-corrected chi connectivity index (χ2v) is 3.75. The molecule has 1 unspecified atom stereocenters. The molecule has 1 atom stereocenters. The first kappa shape index (κ1) is 12.7. The average Bonchev–Trinajstić information content (AvgIpc) is 2.81. The molecule has 0 aliphatic carbocycles. The van der Waals surface area contributed by atoms with Crippen LogP contribution in [-0.2, 0) is 4.74 Å². The maximum atomic E-state index is 5.79. The van der Waals surface area contributed by atoms with Crippen molar-refractivity contribution >= 4 is 11.6 Å². The fourth-order valence-corrected chi connectivity index (χ4v) is 1.39. The van der Waals surface area contributed by atoms with E-state index in [1.807, 2.05) is 6.92 Å². The molecular weight excluding hydrogens is 260 g/mol. The second kappa shape index (κ2) is 5.69. The molecule has 9 heteroatoms. The van der Waals surface area contributed by atoms with E-state index in [4.69, 9.17) is 21.1 Å². The molecule has 0 bridgehead atoms. The van der Waals surface area contributed by atoms with Gasteiger partial charge in [0.25, 0.3) is 5.95 Å². The minimum atomic E-state index is -0.197. The molecule has 0 spiro atoms. The summed E-state index contributed by atoms with van der Waals surface area (Å²) in [5.74, 6) is 0.243. The minimum absolute atomic E-state index is 0.0233. The average molecular weight is 271 g/mol. The smallest absolute Gasteiger partial charge is 0.322 e. The van der Waals surface area contributed by atoms with Crippen molar-refractivity contribution in [3.8, 4) is 12.0 Å². The van der Waals surface area contributed by atoms with Crippen LogP contribution < -0.4 is 4.74 Å². The molecule has 0 fully saturated rings. The highest BCUT2D eigenvalue weighted by atomic mass is 35.5. The quantitative estimate of drug-likeness (QED) is 0.782. The summed E-state index contributed by atoms with van der Waals surface area (Å²) < 4.78 is 11.8. The van der Waals surface area contributed by atoms with E-state index in [9.17, 15) is 0 Å². The van der Waals surface area contributed by atoms with Crippen LogP contribution in [0.2, 0.25) is 5.28 Å². The Kier molecular flexibility index (Phi) is 4.00. The van der Waals surface area contributed by atoms with Gasteiger partial charge in [0, 0.05) is 7.11 Å². The molecule has 2 aromatic heterocycles.